The minimum atomic E-state index is -2.42. The van der Waals surface area contributed by atoms with Crippen LogP contribution in [-0.2, 0) is 0 Å². The lowest BCUT2D eigenvalue weighted by molar-refractivity contribution is 0.138. The topological polar surface area (TPSA) is 78.5 Å². The largest absolute Gasteiger partial charge is 0.394 e. The Balaban J connectivity index is 0. The summed E-state index contributed by atoms with van der Waals surface area (Å²) in [6.45, 7) is 26.1. The summed E-state index contributed by atoms with van der Waals surface area (Å²) in [4.78, 5) is 0. The van der Waals surface area contributed by atoms with E-state index in [2.05, 4.69) is 111 Å². The van der Waals surface area contributed by atoms with Crippen molar-refractivity contribution in [2.24, 2.45) is 5.73 Å². The molecule has 212 valence electrons. The summed E-state index contributed by atoms with van der Waals surface area (Å²) in [5.41, 5.74) is 15.9. The van der Waals surface area contributed by atoms with Crippen molar-refractivity contribution in [1.29, 1.82) is 0 Å². The van der Waals surface area contributed by atoms with Crippen LogP contribution in [0.2, 0.25) is 33.2 Å². The van der Waals surface area contributed by atoms with Gasteiger partial charge >= 0.3 is 0 Å². The lowest BCUT2D eigenvalue weighted by atomic mass is 10.3. The number of alkyl halides is 2. The molecule has 0 spiro atoms. The molecule has 0 aliphatic carbocycles. The van der Waals surface area contributed by atoms with Gasteiger partial charge in [0.15, 0.2) is 0 Å². The summed E-state index contributed by atoms with van der Waals surface area (Å²) in [5.74, 6) is 6.08. The number of nitrogens with one attached hydrogen (secondary N) is 1. The molecule has 0 amide bonds. The number of hydrogen-bond acceptors (Lipinski definition) is 4. The van der Waals surface area contributed by atoms with E-state index in [1.165, 1.54) is 0 Å². The molecule has 0 aliphatic rings. The Hall–Kier alpha value is -0.746. The maximum atomic E-state index is 12.2. The Morgan fingerprint density at radius 1 is 0.639 bits per heavy atom. The van der Waals surface area contributed by atoms with Crippen LogP contribution in [0.3, 0.4) is 0 Å². The molecule has 8 heteroatoms. The second kappa shape index (κ2) is 17.7. The van der Waals surface area contributed by atoms with Crippen molar-refractivity contribution < 1.29 is 19.0 Å². The van der Waals surface area contributed by atoms with E-state index in [9.17, 15) is 13.9 Å². The van der Waals surface area contributed by atoms with Gasteiger partial charge in [-0.05, 0) is 33.2 Å². The van der Waals surface area contributed by atoms with E-state index in [1.807, 2.05) is 0 Å². The SMILES string of the molecule is CC(C)[Si](C#C[C@@H](CO)NCC(F)F)(C(C)C)C(C)C.CC(C)[Si](C#C[C@H](N)CO)(C(C)C)C(C)C. The number of aliphatic hydroxyl groups is 2. The average molecular weight is 547 g/mol. The van der Waals surface area contributed by atoms with Gasteiger partial charge in [-0.3, -0.25) is 5.32 Å². The smallest absolute Gasteiger partial charge is 0.250 e. The molecule has 2 atom stereocenters. The van der Waals surface area contributed by atoms with Crippen LogP contribution in [0, 0.1) is 22.9 Å². The lowest BCUT2D eigenvalue weighted by Crippen LogP contribution is -2.44. The third-order valence-electron chi connectivity index (χ3n) is 7.57. The van der Waals surface area contributed by atoms with E-state index >= 15 is 0 Å². The van der Waals surface area contributed by atoms with Gasteiger partial charge in [0.2, 0.25) is 0 Å². The van der Waals surface area contributed by atoms with E-state index < -0.39 is 35.2 Å². The Morgan fingerprint density at radius 2 is 0.972 bits per heavy atom. The van der Waals surface area contributed by atoms with Crippen LogP contribution in [0.4, 0.5) is 8.78 Å². The van der Waals surface area contributed by atoms with Crippen LogP contribution >= 0.6 is 0 Å². The third kappa shape index (κ3) is 10.9. The van der Waals surface area contributed by atoms with Crippen molar-refractivity contribution >= 4 is 16.1 Å². The van der Waals surface area contributed by atoms with Crippen LogP contribution in [0.15, 0.2) is 0 Å². The van der Waals surface area contributed by atoms with Crippen LogP contribution in [0.1, 0.15) is 83.1 Å². The molecule has 5 N–H and O–H groups in total. The highest BCUT2D eigenvalue weighted by Gasteiger charge is 2.42. The maximum absolute atomic E-state index is 12.2. The van der Waals surface area contributed by atoms with Gasteiger partial charge in [0.25, 0.3) is 6.43 Å². The molecule has 36 heavy (non-hydrogen) atoms. The van der Waals surface area contributed by atoms with Gasteiger partial charge in [0, 0.05) is 0 Å². The predicted octanol–water partition coefficient (Wildman–Crippen LogP) is 5.95. The summed E-state index contributed by atoms with van der Waals surface area (Å²) in [5, 5.41) is 20.8. The first-order chi connectivity index (χ1) is 16.5. The zero-order chi connectivity index (χ0) is 28.9. The molecule has 0 rings (SSSR count). The van der Waals surface area contributed by atoms with E-state index in [0.717, 1.165) is 0 Å². The summed E-state index contributed by atoms with van der Waals surface area (Å²) >= 11 is 0. The van der Waals surface area contributed by atoms with Gasteiger partial charge in [0.1, 0.15) is 16.1 Å². The third-order valence-corrected chi connectivity index (χ3v) is 20.2. The van der Waals surface area contributed by atoms with E-state index in [0.29, 0.717) is 33.2 Å². The fraction of sp³-hybridized carbons (Fsp3) is 0.857. The van der Waals surface area contributed by atoms with E-state index in [1.54, 1.807) is 0 Å². The molecule has 0 aromatic carbocycles. The average Bonchev–Trinajstić information content (AvgIpc) is 2.75. The zero-order valence-electron chi connectivity index (χ0n) is 25.0. The molecule has 0 radical (unpaired) electrons. The first-order valence-corrected chi connectivity index (χ1v) is 18.0. The molecule has 0 aliphatic heterocycles. The summed E-state index contributed by atoms with van der Waals surface area (Å²) in [6, 6.07) is -0.949. The Labute approximate surface area is 223 Å². The Kier molecular flexibility index (Phi) is 18.4. The Morgan fingerprint density at radius 3 is 1.22 bits per heavy atom. The molecule has 0 saturated heterocycles. The highest BCUT2D eigenvalue weighted by atomic mass is 28.3. The summed E-state index contributed by atoms with van der Waals surface area (Å²) < 4.78 is 24.4. The quantitative estimate of drug-likeness (QED) is 0.191. The van der Waals surface area contributed by atoms with Crippen molar-refractivity contribution in [2.45, 2.75) is 135 Å². The number of nitrogens with two attached hydrogens (primary N) is 1. The first-order valence-electron chi connectivity index (χ1n) is 13.5. The van der Waals surface area contributed by atoms with Gasteiger partial charge in [-0.25, -0.2) is 8.78 Å². The zero-order valence-corrected chi connectivity index (χ0v) is 27.0. The molecule has 0 aromatic heterocycles. The highest BCUT2D eigenvalue weighted by Crippen LogP contribution is 2.41. The van der Waals surface area contributed by atoms with Gasteiger partial charge in [-0.1, -0.05) is 94.9 Å². The van der Waals surface area contributed by atoms with Crippen LogP contribution < -0.4 is 11.1 Å². The molecule has 0 heterocycles. The van der Waals surface area contributed by atoms with Crippen molar-refractivity contribution in [2.75, 3.05) is 19.8 Å². The van der Waals surface area contributed by atoms with Crippen LogP contribution in [-0.4, -0.2) is 64.6 Å². The maximum Gasteiger partial charge on any atom is 0.250 e. The molecular formula is C28H56F2N2O2Si2. The molecule has 0 saturated carbocycles. The lowest BCUT2D eigenvalue weighted by Gasteiger charge is -2.38. The standard InChI is InChI=1S/C15H29F2NOSi.C13H27NOSi/c1-11(2)20(12(3)4,13(5)6)8-7-14(10-19)18-9-15(16)17;1-10(2)16(11(3)4,12(5)6)8-7-13(14)9-15/h11-15,18-19H,9-10H2,1-6H3;10-13,15H,9,14H2,1-6H3/t14-;13-/m00/s1. The van der Waals surface area contributed by atoms with Crippen LogP contribution in [0.5, 0.6) is 0 Å². The number of rotatable bonds is 11. The molecule has 0 fully saturated rings. The fourth-order valence-electron chi connectivity index (χ4n) is 5.73. The van der Waals surface area contributed by atoms with Crippen molar-refractivity contribution in [3.05, 3.63) is 0 Å². The van der Waals surface area contributed by atoms with Crippen molar-refractivity contribution in [3.63, 3.8) is 0 Å². The molecular weight excluding hydrogens is 490 g/mol. The number of halogens is 2. The second-order valence-corrected chi connectivity index (χ2v) is 22.8. The highest BCUT2D eigenvalue weighted by molar-refractivity contribution is 6.91. The van der Waals surface area contributed by atoms with Crippen molar-refractivity contribution in [1.82, 2.24) is 5.32 Å². The molecule has 0 aromatic rings. The minimum Gasteiger partial charge on any atom is -0.394 e. The van der Waals surface area contributed by atoms with Gasteiger partial charge < -0.3 is 15.9 Å². The fourth-order valence-corrected chi connectivity index (χ4v) is 16.3. The minimum absolute atomic E-state index is 0.0498. The molecule has 0 bridgehead atoms. The van der Waals surface area contributed by atoms with Gasteiger partial charge in [-0.2, -0.15) is 0 Å². The van der Waals surface area contributed by atoms with Gasteiger partial charge in [0.05, 0.1) is 31.8 Å². The Bertz CT molecular complexity index is 677. The normalized spacial score (nSPS) is 14.1. The van der Waals surface area contributed by atoms with Gasteiger partial charge in [-0.15, -0.1) is 11.1 Å². The molecule has 0 unspecified atom stereocenters. The van der Waals surface area contributed by atoms with E-state index in [4.69, 9.17) is 10.8 Å². The van der Waals surface area contributed by atoms with E-state index in [-0.39, 0.29) is 19.3 Å². The first kappa shape index (κ1) is 37.4. The summed E-state index contributed by atoms with van der Waals surface area (Å²) in [7, 11) is -3.52. The number of hydrogen-bond donors (Lipinski definition) is 4. The second-order valence-electron chi connectivity index (χ2n) is 11.7. The number of aliphatic hydroxyl groups excluding tert-OH is 2. The van der Waals surface area contributed by atoms with Crippen molar-refractivity contribution in [3.8, 4) is 22.9 Å². The summed E-state index contributed by atoms with van der Waals surface area (Å²) in [6.07, 6.45) is -2.42. The predicted molar refractivity (Wildman–Crippen MR) is 158 cm³/mol. The molecule has 4 nitrogen and oxygen atoms in total. The monoisotopic (exact) mass is 546 g/mol. The van der Waals surface area contributed by atoms with Crippen LogP contribution in [0.25, 0.3) is 0 Å².